The molecule has 1 N–H and O–H groups in total. The monoisotopic (exact) mass is 386 g/mol. The lowest BCUT2D eigenvalue weighted by Gasteiger charge is -2.16. The first-order valence-corrected chi connectivity index (χ1v) is 7.01. The van der Waals surface area contributed by atoms with Gasteiger partial charge in [0.1, 0.15) is 5.82 Å². The summed E-state index contributed by atoms with van der Waals surface area (Å²) < 4.78 is 14.8. The van der Waals surface area contributed by atoms with E-state index >= 15 is 0 Å². The second-order valence-corrected chi connectivity index (χ2v) is 5.58. The third kappa shape index (κ3) is 3.44. The Kier molecular flexibility index (Phi) is 4.53. The average molecular weight is 386 g/mol. The standard InChI is InChI=1S/C14H12FIN2O2/c1-9(10-2-4-11(16)5-3-10)17-14-8-12(18(19)20)6-7-13(14)15/h2-9,17H,1H3. The molecule has 0 saturated heterocycles. The van der Waals surface area contributed by atoms with Crippen LogP contribution in [0, 0.1) is 19.5 Å². The zero-order valence-electron chi connectivity index (χ0n) is 10.6. The Morgan fingerprint density at radius 2 is 1.90 bits per heavy atom. The molecule has 0 bridgehead atoms. The van der Waals surface area contributed by atoms with Crippen LogP contribution in [0.25, 0.3) is 0 Å². The Hall–Kier alpha value is -1.70. The molecule has 0 spiro atoms. The quantitative estimate of drug-likeness (QED) is 0.478. The average Bonchev–Trinajstić information content (AvgIpc) is 2.41. The van der Waals surface area contributed by atoms with Crippen molar-refractivity contribution in [1.82, 2.24) is 0 Å². The van der Waals surface area contributed by atoms with Gasteiger partial charge in [-0.1, -0.05) is 12.1 Å². The molecular formula is C14H12FIN2O2. The van der Waals surface area contributed by atoms with Crippen LogP contribution in [0.2, 0.25) is 0 Å². The molecule has 0 saturated carbocycles. The maximum absolute atomic E-state index is 13.7. The molecule has 0 aliphatic rings. The van der Waals surface area contributed by atoms with Crippen LogP contribution in [-0.2, 0) is 0 Å². The number of halogens is 2. The van der Waals surface area contributed by atoms with E-state index in [2.05, 4.69) is 27.9 Å². The molecule has 0 fully saturated rings. The van der Waals surface area contributed by atoms with Crippen molar-refractivity contribution >= 4 is 34.0 Å². The fraction of sp³-hybridized carbons (Fsp3) is 0.143. The van der Waals surface area contributed by atoms with E-state index in [0.29, 0.717) is 0 Å². The highest BCUT2D eigenvalue weighted by atomic mass is 127. The topological polar surface area (TPSA) is 55.2 Å². The highest BCUT2D eigenvalue weighted by Gasteiger charge is 2.13. The lowest BCUT2D eigenvalue weighted by atomic mass is 10.1. The second-order valence-electron chi connectivity index (χ2n) is 4.34. The minimum absolute atomic E-state index is 0.130. The number of nitro benzene ring substituents is 1. The summed E-state index contributed by atoms with van der Waals surface area (Å²) in [5, 5.41) is 13.7. The van der Waals surface area contributed by atoms with Gasteiger partial charge in [-0.25, -0.2) is 4.39 Å². The number of hydrogen-bond donors (Lipinski definition) is 1. The zero-order chi connectivity index (χ0) is 14.7. The molecular weight excluding hydrogens is 374 g/mol. The van der Waals surface area contributed by atoms with Crippen molar-refractivity contribution in [2.45, 2.75) is 13.0 Å². The van der Waals surface area contributed by atoms with Gasteiger partial charge in [0.15, 0.2) is 0 Å². The Morgan fingerprint density at radius 1 is 1.25 bits per heavy atom. The van der Waals surface area contributed by atoms with Crippen molar-refractivity contribution in [3.05, 3.63) is 67.5 Å². The maximum Gasteiger partial charge on any atom is 0.271 e. The summed E-state index contributed by atoms with van der Waals surface area (Å²) in [4.78, 5) is 10.2. The molecule has 20 heavy (non-hydrogen) atoms. The highest BCUT2D eigenvalue weighted by molar-refractivity contribution is 14.1. The number of nitrogens with zero attached hydrogens (tertiary/aromatic N) is 1. The molecule has 0 amide bonds. The van der Waals surface area contributed by atoms with Crippen LogP contribution in [0.15, 0.2) is 42.5 Å². The Balaban J connectivity index is 2.22. The van der Waals surface area contributed by atoms with Gasteiger partial charge in [0, 0.05) is 21.7 Å². The Bertz CT molecular complexity index is 632. The van der Waals surface area contributed by atoms with Crippen LogP contribution in [-0.4, -0.2) is 4.92 Å². The number of rotatable bonds is 4. The second kappa shape index (κ2) is 6.17. The normalized spacial score (nSPS) is 11.9. The number of nitrogens with one attached hydrogen (secondary N) is 1. The predicted octanol–water partition coefficient (Wildman–Crippen LogP) is 4.51. The van der Waals surface area contributed by atoms with E-state index in [-0.39, 0.29) is 17.4 Å². The lowest BCUT2D eigenvalue weighted by molar-refractivity contribution is -0.384. The summed E-state index contributed by atoms with van der Waals surface area (Å²) in [7, 11) is 0. The van der Waals surface area contributed by atoms with Crippen molar-refractivity contribution < 1.29 is 9.31 Å². The minimum atomic E-state index is -0.542. The Labute approximate surface area is 129 Å². The largest absolute Gasteiger partial charge is 0.376 e. The van der Waals surface area contributed by atoms with E-state index < -0.39 is 10.7 Å². The van der Waals surface area contributed by atoms with E-state index in [1.54, 1.807) is 0 Å². The van der Waals surface area contributed by atoms with Gasteiger partial charge in [-0.2, -0.15) is 0 Å². The molecule has 1 unspecified atom stereocenters. The van der Waals surface area contributed by atoms with Gasteiger partial charge >= 0.3 is 0 Å². The molecule has 0 aliphatic carbocycles. The summed E-state index contributed by atoms with van der Waals surface area (Å²) in [6.07, 6.45) is 0. The first kappa shape index (κ1) is 14.7. The van der Waals surface area contributed by atoms with E-state index in [0.717, 1.165) is 21.3 Å². The fourth-order valence-corrected chi connectivity index (χ4v) is 2.17. The van der Waals surface area contributed by atoms with Gasteiger partial charge in [-0.05, 0) is 53.3 Å². The molecule has 2 rings (SSSR count). The summed E-state index contributed by atoms with van der Waals surface area (Å²) in [6, 6.07) is 11.1. The van der Waals surface area contributed by atoms with Gasteiger partial charge in [0.2, 0.25) is 0 Å². The third-order valence-corrected chi connectivity index (χ3v) is 3.62. The highest BCUT2D eigenvalue weighted by Crippen LogP contribution is 2.25. The number of nitro groups is 1. The molecule has 0 aromatic heterocycles. The predicted molar refractivity (Wildman–Crippen MR) is 84.3 cm³/mol. The molecule has 2 aromatic carbocycles. The van der Waals surface area contributed by atoms with Gasteiger partial charge in [-0.15, -0.1) is 0 Å². The van der Waals surface area contributed by atoms with Crippen LogP contribution >= 0.6 is 22.6 Å². The van der Waals surface area contributed by atoms with Crippen molar-refractivity contribution in [2.75, 3.05) is 5.32 Å². The first-order chi connectivity index (χ1) is 9.47. The minimum Gasteiger partial charge on any atom is -0.376 e. The summed E-state index contributed by atoms with van der Waals surface area (Å²) in [5.41, 5.74) is 0.977. The number of anilines is 1. The number of hydrogen-bond acceptors (Lipinski definition) is 3. The van der Waals surface area contributed by atoms with Gasteiger partial charge in [-0.3, -0.25) is 10.1 Å². The van der Waals surface area contributed by atoms with Gasteiger partial charge < -0.3 is 5.32 Å². The molecule has 0 heterocycles. The zero-order valence-corrected chi connectivity index (χ0v) is 12.8. The van der Waals surface area contributed by atoms with Crippen LogP contribution in [0.5, 0.6) is 0 Å². The van der Waals surface area contributed by atoms with Gasteiger partial charge in [0.25, 0.3) is 5.69 Å². The molecule has 6 heteroatoms. The summed E-state index contributed by atoms with van der Waals surface area (Å²) >= 11 is 2.20. The van der Waals surface area contributed by atoms with Crippen molar-refractivity contribution in [3.8, 4) is 0 Å². The molecule has 2 aromatic rings. The lowest BCUT2D eigenvalue weighted by Crippen LogP contribution is -2.08. The van der Waals surface area contributed by atoms with Crippen LogP contribution in [0.1, 0.15) is 18.5 Å². The molecule has 0 radical (unpaired) electrons. The van der Waals surface area contributed by atoms with E-state index in [4.69, 9.17) is 0 Å². The smallest absolute Gasteiger partial charge is 0.271 e. The fourth-order valence-electron chi connectivity index (χ4n) is 1.81. The summed E-state index contributed by atoms with van der Waals surface area (Å²) in [5.74, 6) is -0.507. The van der Waals surface area contributed by atoms with Crippen LogP contribution < -0.4 is 5.32 Å². The van der Waals surface area contributed by atoms with Crippen molar-refractivity contribution in [2.24, 2.45) is 0 Å². The van der Waals surface area contributed by atoms with E-state index in [1.807, 2.05) is 31.2 Å². The SMILES string of the molecule is CC(Nc1cc([N+](=O)[O-])ccc1F)c1ccc(I)cc1. The number of benzene rings is 2. The van der Waals surface area contributed by atoms with Crippen molar-refractivity contribution in [3.63, 3.8) is 0 Å². The summed E-state index contributed by atoms with van der Waals surface area (Å²) in [6.45, 7) is 1.88. The molecule has 0 aliphatic heterocycles. The van der Waals surface area contributed by atoms with Crippen LogP contribution in [0.3, 0.4) is 0 Å². The van der Waals surface area contributed by atoms with Crippen LogP contribution in [0.4, 0.5) is 15.8 Å². The maximum atomic E-state index is 13.7. The van der Waals surface area contributed by atoms with E-state index in [9.17, 15) is 14.5 Å². The molecule has 1 atom stereocenters. The third-order valence-electron chi connectivity index (χ3n) is 2.90. The molecule has 104 valence electrons. The first-order valence-electron chi connectivity index (χ1n) is 5.93. The van der Waals surface area contributed by atoms with E-state index in [1.165, 1.54) is 6.07 Å². The number of non-ortho nitro benzene ring substituents is 1. The van der Waals surface area contributed by atoms with Gasteiger partial charge in [0.05, 0.1) is 10.6 Å². The van der Waals surface area contributed by atoms with Crippen molar-refractivity contribution in [1.29, 1.82) is 0 Å². The Morgan fingerprint density at radius 3 is 2.50 bits per heavy atom. The molecule has 4 nitrogen and oxygen atoms in total.